The van der Waals surface area contributed by atoms with Gasteiger partial charge in [-0.15, -0.1) is 10.2 Å². The minimum atomic E-state index is -3.98. The summed E-state index contributed by atoms with van der Waals surface area (Å²) in [5.74, 6) is 0.967. The largest absolute Gasteiger partial charge is 0.273 e. The van der Waals surface area contributed by atoms with Crippen molar-refractivity contribution in [2.45, 2.75) is 54.5 Å². The monoisotopic (exact) mass is 627 g/mol. The van der Waals surface area contributed by atoms with Gasteiger partial charge in [-0.3, -0.25) is 14.7 Å². The second kappa shape index (κ2) is 13.1. The summed E-state index contributed by atoms with van der Waals surface area (Å²) in [7, 11) is -3.98. The maximum atomic E-state index is 13.8. The van der Waals surface area contributed by atoms with Crippen LogP contribution < -0.4 is 4.72 Å². The van der Waals surface area contributed by atoms with Crippen LogP contribution in [0.25, 0.3) is 5.69 Å². The lowest BCUT2D eigenvalue weighted by Gasteiger charge is -2.21. The Balaban J connectivity index is 1.57. The number of aromatic nitrogens is 3. The fraction of sp³-hybridized carbons (Fsp3) is 0.212. The fourth-order valence-corrected chi connectivity index (χ4v) is 6.82. The number of benzene rings is 4. The number of sulfonamides is 1. The van der Waals surface area contributed by atoms with E-state index in [9.17, 15) is 18.5 Å². The summed E-state index contributed by atoms with van der Waals surface area (Å²) in [6, 6.07) is 31.6. The summed E-state index contributed by atoms with van der Waals surface area (Å²) in [4.78, 5) is 11.0. The van der Waals surface area contributed by atoms with Crippen molar-refractivity contribution in [2.75, 3.05) is 0 Å². The van der Waals surface area contributed by atoms with Gasteiger partial charge >= 0.3 is 0 Å². The van der Waals surface area contributed by atoms with Crippen LogP contribution in [0.3, 0.4) is 0 Å². The van der Waals surface area contributed by atoms with Gasteiger partial charge in [0.2, 0.25) is 10.0 Å². The van der Waals surface area contributed by atoms with Crippen molar-refractivity contribution in [1.29, 1.82) is 0 Å². The SMILES string of the molecule is CC(C)(C)c1ccc(S(=O)(=O)NC(Cc2ccccc2)c2nnc(SCc3ccccc3)n2-c2ccc([N+](=O)[O-])cc2)cc1. The molecule has 0 aliphatic carbocycles. The van der Waals surface area contributed by atoms with Crippen molar-refractivity contribution < 1.29 is 13.3 Å². The molecular weight excluding hydrogens is 595 g/mol. The number of nitrogens with zero attached hydrogens (tertiary/aromatic N) is 4. The molecule has 1 unspecified atom stereocenters. The van der Waals surface area contributed by atoms with E-state index in [1.807, 2.05) is 72.8 Å². The third kappa shape index (κ3) is 7.42. The molecule has 9 nitrogen and oxygen atoms in total. The number of non-ortho nitro benzene ring substituents is 1. The molecule has 0 fully saturated rings. The fourth-order valence-electron chi connectivity index (χ4n) is 4.71. The van der Waals surface area contributed by atoms with E-state index in [1.165, 1.54) is 23.9 Å². The van der Waals surface area contributed by atoms with E-state index in [0.29, 0.717) is 28.8 Å². The highest BCUT2D eigenvalue weighted by atomic mass is 32.2. The number of nitro groups is 1. The number of hydrogen-bond donors (Lipinski definition) is 1. The van der Waals surface area contributed by atoms with E-state index in [0.717, 1.165) is 16.7 Å². The van der Waals surface area contributed by atoms with Gasteiger partial charge < -0.3 is 0 Å². The summed E-state index contributed by atoms with van der Waals surface area (Å²) in [6.07, 6.45) is 0.300. The summed E-state index contributed by atoms with van der Waals surface area (Å²) in [5, 5.41) is 20.9. The molecule has 1 aromatic heterocycles. The van der Waals surface area contributed by atoms with Crippen LogP contribution in [0, 0.1) is 10.1 Å². The van der Waals surface area contributed by atoms with E-state index < -0.39 is 21.0 Å². The smallest absolute Gasteiger partial charge is 0.269 e. The maximum Gasteiger partial charge on any atom is 0.269 e. The van der Waals surface area contributed by atoms with Crippen LogP contribution in [0.4, 0.5) is 5.69 Å². The van der Waals surface area contributed by atoms with Crippen molar-refractivity contribution in [1.82, 2.24) is 19.5 Å². The molecule has 44 heavy (non-hydrogen) atoms. The second-order valence-electron chi connectivity index (χ2n) is 11.4. The Bertz CT molecular complexity index is 1820. The Kier molecular flexibility index (Phi) is 9.28. The summed E-state index contributed by atoms with van der Waals surface area (Å²) in [5.41, 5.74) is 3.41. The Hall–Kier alpha value is -4.32. The highest BCUT2D eigenvalue weighted by Crippen LogP contribution is 2.31. The molecule has 0 amide bonds. The first kappa shape index (κ1) is 31.1. The first-order valence-electron chi connectivity index (χ1n) is 14.0. The number of nitro benzene ring substituents is 1. The third-order valence-electron chi connectivity index (χ3n) is 7.11. The van der Waals surface area contributed by atoms with Crippen molar-refractivity contribution in [3.8, 4) is 5.69 Å². The molecule has 0 spiro atoms. The summed E-state index contributed by atoms with van der Waals surface area (Å²) in [6.45, 7) is 6.22. The van der Waals surface area contributed by atoms with E-state index in [2.05, 4.69) is 35.7 Å². The quantitative estimate of drug-likeness (QED) is 0.0949. The molecule has 0 bridgehead atoms. The molecule has 226 valence electrons. The lowest BCUT2D eigenvalue weighted by Crippen LogP contribution is -2.32. The van der Waals surface area contributed by atoms with Crippen LogP contribution >= 0.6 is 11.8 Å². The molecule has 5 rings (SSSR count). The predicted molar refractivity (Wildman–Crippen MR) is 172 cm³/mol. The van der Waals surface area contributed by atoms with Crippen molar-refractivity contribution >= 4 is 27.5 Å². The number of thioether (sulfide) groups is 1. The van der Waals surface area contributed by atoms with Gasteiger partial charge in [-0.1, -0.05) is 105 Å². The van der Waals surface area contributed by atoms with E-state index in [1.54, 1.807) is 28.8 Å². The second-order valence-corrected chi connectivity index (χ2v) is 14.0. The number of nitrogens with one attached hydrogen (secondary N) is 1. The molecule has 4 aromatic carbocycles. The van der Waals surface area contributed by atoms with E-state index in [4.69, 9.17) is 0 Å². The molecule has 0 saturated carbocycles. The lowest BCUT2D eigenvalue weighted by molar-refractivity contribution is -0.384. The van der Waals surface area contributed by atoms with Crippen LogP contribution in [0.1, 0.15) is 49.3 Å². The molecule has 0 saturated heterocycles. The van der Waals surface area contributed by atoms with Gasteiger partial charge in [0.1, 0.15) is 0 Å². The topological polar surface area (TPSA) is 120 Å². The Labute approximate surface area is 261 Å². The van der Waals surface area contributed by atoms with Gasteiger partial charge in [-0.25, -0.2) is 13.1 Å². The normalized spacial score (nSPS) is 12.6. The minimum Gasteiger partial charge on any atom is -0.273 e. The Morgan fingerprint density at radius 2 is 1.43 bits per heavy atom. The van der Waals surface area contributed by atoms with Crippen molar-refractivity contribution in [2.24, 2.45) is 0 Å². The Morgan fingerprint density at radius 1 is 0.841 bits per heavy atom. The van der Waals surface area contributed by atoms with Crippen LogP contribution in [0.2, 0.25) is 0 Å². The highest BCUT2D eigenvalue weighted by molar-refractivity contribution is 7.98. The van der Waals surface area contributed by atoms with Crippen molar-refractivity contribution in [3.05, 3.63) is 142 Å². The number of rotatable bonds is 11. The van der Waals surface area contributed by atoms with E-state index >= 15 is 0 Å². The summed E-state index contributed by atoms with van der Waals surface area (Å²) < 4.78 is 32.3. The van der Waals surface area contributed by atoms with Gasteiger partial charge in [0.25, 0.3) is 5.69 Å². The molecular formula is C33H33N5O4S2. The van der Waals surface area contributed by atoms with Gasteiger partial charge in [-0.2, -0.15) is 0 Å². The van der Waals surface area contributed by atoms with Crippen molar-refractivity contribution in [3.63, 3.8) is 0 Å². The molecule has 1 atom stereocenters. The first-order valence-corrected chi connectivity index (χ1v) is 16.5. The van der Waals surface area contributed by atoms with Gasteiger partial charge in [0.15, 0.2) is 11.0 Å². The van der Waals surface area contributed by atoms with Crippen LogP contribution in [-0.2, 0) is 27.6 Å². The molecule has 1 N–H and O–H groups in total. The van der Waals surface area contributed by atoms with Crippen LogP contribution in [0.5, 0.6) is 0 Å². The predicted octanol–water partition coefficient (Wildman–Crippen LogP) is 7.03. The average molecular weight is 628 g/mol. The molecule has 11 heteroatoms. The van der Waals surface area contributed by atoms with Gasteiger partial charge in [-0.05, 0) is 52.8 Å². The first-order chi connectivity index (χ1) is 21.0. The zero-order chi connectivity index (χ0) is 31.3. The lowest BCUT2D eigenvalue weighted by atomic mass is 9.87. The van der Waals surface area contributed by atoms with Gasteiger partial charge in [0, 0.05) is 23.6 Å². The highest BCUT2D eigenvalue weighted by Gasteiger charge is 2.29. The maximum absolute atomic E-state index is 13.8. The third-order valence-corrected chi connectivity index (χ3v) is 9.60. The standard InChI is InChI=1S/C33H33N5O4S2/c1-33(2,3)26-14-20-29(21-15-26)44(41,42)36-30(22-24-10-6-4-7-11-24)31-34-35-32(43-23-25-12-8-5-9-13-25)37(31)27-16-18-28(19-17-27)38(39)40/h4-21,30,36H,22-23H2,1-3H3. The minimum absolute atomic E-state index is 0.0536. The van der Waals surface area contributed by atoms with Gasteiger partial charge in [0.05, 0.1) is 15.9 Å². The Morgan fingerprint density at radius 3 is 2.00 bits per heavy atom. The molecule has 5 aromatic rings. The molecule has 0 aliphatic rings. The van der Waals surface area contributed by atoms with E-state index in [-0.39, 0.29) is 16.0 Å². The molecule has 0 radical (unpaired) electrons. The zero-order valence-corrected chi connectivity index (χ0v) is 26.3. The average Bonchev–Trinajstić information content (AvgIpc) is 3.44. The summed E-state index contributed by atoms with van der Waals surface area (Å²) >= 11 is 1.45. The molecule has 0 aliphatic heterocycles. The zero-order valence-electron chi connectivity index (χ0n) is 24.6. The van der Waals surface area contributed by atoms with Crippen LogP contribution in [-0.4, -0.2) is 28.1 Å². The molecule has 1 heterocycles. The number of hydrogen-bond acceptors (Lipinski definition) is 7. The van der Waals surface area contributed by atoms with Crippen LogP contribution in [0.15, 0.2) is 119 Å².